The molecule has 7 nitrogen and oxygen atoms in total. The van der Waals surface area contributed by atoms with Crippen molar-refractivity contribution in [3.8, 4) is 0 Å². The maximum atomic E-state index is 12.7. The Balaban J connectivity index is 2.03. The van der Waals surface area contributed by atoms with Crippen LogP contribution in [-0.2, 0) is 9.59 Å². The molecule has 3 rings (SSSR count). The number of aromatic nitrogens is 1. The van der Waals surface area contributed by atoms with Crippen LogP contribution >= 0.6 is 0 Å². The van der Waals surface area contributed by atoms with E-state index >= 15 is 0 Å². The molecule has 0 aliphatic carbocycles. The molecule has 7 heteroatoms. The molecule has 0 bridgehead atoms. The molecule has 1 aliphatic heterocycles. The van der Waals surface area contributed by atoms with Crippen molar-refractivity contribution in [2.45, 2.75) is 6.04 Å². The summed E-state index contributed by atoms with van der Waals surface area (Å²) >= 11 is 0. The van der Waals surface area contributed by atoms with Crippen LogP contribution in [0.25, 0.3) is 5.76 Å². The molecule has 1 amide bonds. The maximum Gasteiger partial charge on any atom is 0.295 e. The first kappa shape index (κ1) is 18.8. The Hall–Kier alpha value is -3.03. The molecule has 3 N–H and O–H groups in total. The van der Waals surface area contributed by atoms with Crippen LogP contribution in [0.15, 0.2) is 60.4 Å². The molecule has 1 saturated heterocycles. The number of aliphatic hydroxyl groups excluding tert-OH is 2. The quantitative estimate of drug-likeness (QED) is 0.293. The maximum absolute atomic E-state index is 12.7. The Kier molecular flexibility index (Phi) is 5.95. The van der Waals surface area contributed by atoms with E-state index in [0.717, 1.165) is 0 Å². The Labute approximate surface area is 157 Å². The van der Waals surface area contributed by atoms with Gasteiger partial charge in [-0.2, -0.15) is 0 Å². The second-order valence-electron chi connectivity index (χ2n) is 6.12. The first-order valence-electron chi connectivity index (χ1n) is 8.70. The Bertz CT molecular complexity index is 837. The van der Waals surface area contributed by atoms with Gasteiger partial charge in [0.1, 0.15) is 5.76 Å². The summed E-state index contributed by atoms with van der Waals surface area (Å²) in [7, 11) is 0. The van der Waals surface area contributed by atoms with E-state index in [-0.39, 0.29) is 24.5 Å². The highest BCUT2D eigenvalue weighted by atomic mass is 16.3. The largest absolute Gasteiger partial charge is 0.507 e. The van der Waals surface area contributed by atoms with Gasteiger partial charge >= 0.3 is 0 Å². The van der Waals surface area contributed by atoms with Gasteiger partial charge in [-0.15, -0.1) is 0 Å². The van der Waals surface area contributed by atoms with Crippen molar-refractivity contribution in [1.82, 2.24) is 15.2 Å². The number of rotatable bonds is 7. The zero-order chi connectivity index (χ0) is 19.2. The third-order valence-electron chi connectivity index (χ3n) is 4.41. The molecule has 1 unspecified atom stereocenters. The second-order valence-corrected chi connectivity index (χ2v) is 6.12. The van der Waals surface area contributed by atoms with Crippen LogP contribution in [0.3, 0.4) is 0 Å². The van der Waals surface area contributed by atoms with Crippen LogP contribution in [0.5, 0.6) is 0 Å². The molecule has 2 heterocycles. The van der Waals surface area contributed by atoms with Crippen LogP contribution in [0.4, 0.5) is 0 Å². The number of amides is 1. The lowest BCUT2D eigenvalue weighted by Gasteiger charge is -2.25. The van der Waals surface area contributed by atoms with Gasteiger partial charge < -0.3 is 20.4 Å². The number of Topliss-reactive ketones (excluding diaryl/α,β-unsaturated/α-hetero) is 1. The van der Waals surface area contributed by atoms with Crippen molar-refractivity contribution < 1.29 is 19.8 Å². The topological polar surface area (TPSA) is 103 Å². The van der Waals surface area contributed by atoms with Gasteiger partial charge in [0, 0.05) is 37.6 Å². The number of hydrogen-bond acceptors (Lipinski definition) is 6. The van der Waals surface area contributed by atoms with E-state index in [0.29, 0.717) is 24.2 Å². The Morgan fingerprint density at radius 2 is 1.89 bits per heavy atom. The summed E-state index contributed by atoms with van der Waals surface area (Å²) in [5, 5.41) is 22.7. The summed E-state index contributed by atoms with van der Waals surface area (Å²) in [4.78, 5) is 30.9. The zero-order valence-corrected chi connectivity index (χ0v) is 14.7. The number of carbonyl (C=O) groups excluding carboxylic acids is 2. The predicted octanol–water partition coefficient (Wildman–Crippen LogP) is 1.09. The number of nitrogens with one attached hydrogen (secondary N) is 1. The second kappa shape index (κ2) is 8.57. The lowest BCUT2D eigenvalue weighted by molar-refractivity contribution is -0.139. The van der Waals surface area contributed by atoms with Crippen LogP contribution in [0.1, 0.15) is 17.2 Å². The van der Waals surface area contributed by atoms with Gasteiger partial charge in [-0.1, -0.05) is 36.4 Å². The number of benzene rings is 1. The molecule has 1 fully saturated rings. The molecule has 1 aliphatic rings. The molecule has 1 aromatic carbocycles. The first-order chi connectivity index (χ1) is 13.1. The number of carbonyl (C=O) groups is 2. The molecule has 1 atom stereocenters. The number of nitrogens with zero attached hydrogens (tertiary/aromatic N) is 2. The average Bonchev–Trinajstić information content (AvgIpc) is 2.97. The zero-order valence-electron chi connectivity index (χ0n) is 14.7. The fraction of sp³-hybridized carbons (Fsp3) is 0.250. The molecule has 0 saturated carbocycles. The summed E-state index contributed by atoms with van der Waals surface area (Å²) < 4.78 is 0. The van der Waals surface area contributed by atoms with Gasteiger partial charge in [0.05, 0.1) is 18.2 Å². The van der Waals surface area contributed by atoms with Crippen molar-refractivity contribution in [3.63, 3.8) is 0 Å². The number of likely N-dealkylation sites (tertiary alicyclic amines) is 1. The number of pyridine rings is 1. The third-order valence-corrected chi connectivity index (χ3v) is 4.41. The van der Waals surface area contributed by atoms with E-state index < -0.39 is 17.7 Å². The van der Waals surface area contributed by atoms with Crippen LogP contribution < -0.4 is 5.32 Å². The summed E-state index contributed by atoms with van der Waals surface area (Å²) in [6.07, 6.45) is 3.19. The van der Waals surface area contributed by atoms with Gasteiger partial charge in [0.15, 0.2) is 0 Å². The lowest BCUT2D eigenvalue weighted by Crippen LogP contribution is -2.36. The molecule has 27 heavy (non-hydrogen) atoms. The number of ketones is 1. The van der Waals surface area contributed by atoms with E-state index in [2.05, 4.69) is 10.3 Å². The minimum absolute atomic E-state index is 0.0150. The fourth-order valence-electron chi connectivity index (χ4n) is 3.15. The van der Waals surface area contributed by atoms with E-state index in [1.165, 1.54) is 4.90 Å². The first-order valence-corrected chi connectivity index (χ1v) is 8.70. The van der Waals surface area contributed by atoms with Gasteiger partial charge in [-0.05, 0) is 11.6 Å². The molecule has 1 aromatic heterocycles. The number of hydrogen-bond donors (Lipinski definition) is 3. The van der Waals surface area contributed by atoms with E-state index in [9.17, 15) is 14.7 Å². The highest BCUT2D eigenvalue weighted by molar-refractivity contribution is 6.46. The summed E-state index contributed by atoms with van der Waals surface area (Å²) in [5.74, 6) is -1.58. The fourth-order valence-corrected chi connectivity index (χ4v) is 3.15. The molecule has 0 radical (unpaired) electrons. The lowest BCUT2D eigenvalue weighted by atomic mass is 9.96. The van der Waals surface area contributed by atoms with Gasteiger partial charge in [0.25, 0.3) is 11.7 Å². The summed E-state index contributed by atoms with van der Waals surface area (Å²) in [6.45, 7) is 1.05. The van der Waals surface area contributed by atoms with E-state index in [1.807, 2.05) is 0 Å². The van der Waals surface area contributed by atoms with Crippen molar-refractivity contribution in [2.75, 3.05) is 26.2 Å². The molecule has 0 spiro atoms. The average molecular weight is 367 g/mol. The smallest absolute Gasteiger partial charge is 0.295 e. The predicted molar refractivity (Wildman–Crippen MR) is 99.6 cm³/mol. The highest BCUT2D eigenvalue weighted by Gasteiger charge is 2.45. The van der Waals surface area contributed by atoms with Crippen molar-refractivity contribution in [2.24, 2.45) is 0 Å². The standard InChI is InChI=1S/C20H21N3O4/c24-12-10-21-9-11-23-17(15-7-4-8-22-13-15)16(19(26)20(23)27)18(25)14-5-2-1-3-6-14/h1-8,13,17,21,24-25H,9-12H2/b18-16-. The summed E-state index contributed by atoms with van der Waals surface area (Å²) in [5.41, 5.74) is 1.18. The van der Waals surface area contributed by atoms with E-state index in [1.54, 1.807) is 54.9 Å². The number of aliphatic hydroxyl groups is 2. The molecular formula is C20H21N3O4. The monoisotopic (exact) mass is 367 g/mol. The third kappa shape index (κ3) is 3.89. The van der Waals surface area contributed by atoms with Crippen LogP contribution in [0.2, 0.25) is 0 Å². The van der Waals surface area contributed by atoms with Gasteiger partial charge in [0.2, 0.25) is 0 Å². The Morgan fingerprint density at radius 1 is 1.11 bits per heavy atom. The van der Waals surface area contributed by atoms with Gasteiger partial charge in [-0.25, -0.2) is 0 Å². The highest BCUT2D eigenvalue weighted by Crippen LogP contribution is 2.38. The van der Waals surface area contributed by atoms with Crippen LogP contribution in [0, 0.1) is 0 Å². The SMILES string of the molecule is O=C1C(=O)N(CCNCCO)C(c2cccnc2)/C1=C(/O)c1ccccc1. The van der Waals surface area contributed by atoms with Crippen molar-refractivity contribution in [3.05, 3.63) is 71.6 Å². The van der Waals surface area contributed by atoms with Crippen LogP contribution in [-0.4, -0.2) is 58.0 Å². The van der Waals surface area contributed by atoms with Gasteiger partial charge in [-0.3, -0.25) is 14.6 Å². The van der Waals surface area contributed by atoms with Crippen molar-refractivity contribution in [1.29, 1.82) is 0 Å². The minimum atomic E-state index is -0.715. The van der Waals surface area contributed by atoms with E-state index in [4.69, 9.17) is 5.11 Å². The minimum Gasteiger partial charge on any atom is -0.507 e. The van der Waals surface area contributed by atoms with Crippen molar-refractivity contribution >= 4 is 17.4 Å². The molecule has 2 aromatic rings. The Morgan fingerprint density at radius 3 is 2.56 bits per heavy atom. The normalized spacial score (nSPS) is 18.9. The summed E-state index contributed by atoms with van der Waals surface area (Å²) in [6, 6.07) is 11.5. The molecular weight excluding hydrogens is 346 g/mol. The molecule has 140 valence electrons.